The maximum atomic E-state index is 4.30. The van der Waals surface area contributed by atoms with E-state index in [1.165, 1.54) is 5.56 Å². The van der Waals surface area contributed by atoms with Gasteiger partial charge >= 0.3 is 0 Å². The number of hydrogen-bond donors (Lipinski definition) is 0. The third kappa shape index (κ3) is 2.59. The smallest absolute Gasteiger partial charge is 0.163 e. The van der Waals surface area contributed by atoms with Gasteiger partial charge in [0.05, 0.1) is 0 Å². The van der Waals surface area contributed by atoms with E-state index in [4.69, 9.17) is 0 Å². The molecule has 0 aliphatic carbocycles. The van der Waals surface area contributed by atoms with Gasteiger partial charge in [0, 0.05) is 31.4 Å². The predicted molar refractivity (Wildman–Crippen MR) is 78.1 cm³/mol. The first kappa shape index (κ1) is 12.5. The summed E-state index contributed by atoms with van der Waals surface area (Å²) in [6.07, 6.45) is 5.41. The van der Waals surface area contributed by atoms with Crippen molar-refractivity contribution in [3.05, 3.63) is 66.2 Å². The molecule has 0 aliphatic rings. The van der Waals surface area contributed by atoms with Gasteiger partial charge in [-0.2, -0.15) is 0 Å². The normalized spacial score (nSPS) is 10.7. The van der Waals surface area contributed by atoms with Gasteiger partial charge in [-0.3, -0.25) is 4.98 Å². The first-order chi connectivity index (χ1) is 9.84. The van der Waals surface area contributed by atoms with Gasteiger partial charge in [0.1, 0.15) is 5.82 Å². The maximum Gasteiger partial charge on any atom is 0.163 e. The highest BCUT2D eigenvalue weighted by Gasteiger charge is 2.10. The number of pyridine rings is 1. The summed E-state index contributed by atoms with van der Waals surface area (Å²) in [5, 5.41) is 8.58. The summed E-state index contributed by atoms with van der Waals surface area (Å²) < 4.78 is 2.05. The molecule has 4 heteroatoms. The van der Waals surface area contributed by atoms with Gasteiger partial charge in [-0.05, 0) is 24.1 Å². The summed E-state index contributed by atoms with van der Waals surface area (Å²) in [6, 6.07) is 14.3. The van der Waals surface area contributed by atoms with Crippen LogP contribution in [0.25, 0.3) is 11.4 Å². The van der Waals surface area contributed by atoms with Crippen LogP contribution in [0.15, 0.2) is 54.9 Å². The van der Waals surface area contributed by atoms with Gasteiger partial charge in [-0.15, -0.1) is 10.2 Å². The van der Waals surface area contributed by atoms with Crippen LogP contribution in [0.2, 0.25) is 0 Å². The van der Waals surface area contributed by atoms with Gasteiger partial charge in [-0.25, -0.2) is 0 Å². The summed E-state index contributed by atoms with van der Waals surface area (Å²) in [4.78, 5) is 4.03. The van der Waals surface area contributed by atoms with Crippen molar-refractivity contribution >= 4 is 0 Å². The molecule has 2 heterocycles. The minimum Gasteiger partial charge on any atom is -0.314 e. The Hall–Kier alpha value is -2.49. The number of aryl methyl sites for hydroxylation is 2. The molecule has 0 saturated heterocycles. The third-order valence-corrected chi connectivity index (χ3v) is 3.38. The van der Waals surface area contributed by atoms with E-state index >= 15 is 0 Å². The lowest BCUT2D eigenvalue weighted by Crippen LogP contribution is -2.02. The van der Waals surface area contributed by atoms with Crippen LogP contribution in [0.4, 0.5) is 0 Å². The van der Waals surface area contributed by atoms with E-state index in [2.05, 4.69) is 44.0 Å². The van der Waals surface area contributed by atoms with Crippen LogP contribution in [0.5, 0.6) is 0 Å². The molecule has 0 saturated carbocycles. The zero-order valence-corrected chi connectivity index (χ0v) is 11.4. The van der Waals surface area contributed by atoms with E-state index in [0.29, 0.717) is 0 Å². The van der Waals surface area contributed by atoms with Crippen LogP contribution in [0, 0.1) is 0 Å². The highest BCUT2D eigenvalue weighted by atomic mass is 15.3. The van der Waals surface area contributed by atoms with Crippen molar-refractivity contribution in [2.45, 2.75) is 12.8 Å². The number of benzene rings is 1. The zero-order chi connectivity index (χ0) is 13.8. The SMILES string of the molecule is Cn1c(CCc2ccccc2)nnc1-c1ccncc1. The average Bonchev–Trinajstić information content (AvgIpc) is 2.88. The Labute approximate surface area is 118 Å². The quantitative estimate of drug-likeness (QED) is 0.727. The van der Waals surface area contributed by atoms with Crippen molar-refractivity contribution in [1.29, 1.82) is 0 Å². The molecule has 0 radical (unpaired) electrons. The average molecular weight is 264 g/mol. The fourth-order valence-corrected chi connectivity index (χ4v) is 2.23. The predicted octanol–water partition coefficient (Wildman–Crippen LogP) is 2.66. The molecule has 20 heavy (non-hydrogen) atoms. The van der Waals surface area contributed by atoms with Crippen molar-refractivity contribution in [2.24, 2.45) is 7.05 Å². The van der Waals surface area contributed by atoms with Crippen LogP contribution in [-0.2, 0) is 19.9 Å². The molecule has 0 fully saturated rings. The zero-order valence-electron chi connectivity index (χ0n) is 11.4. The van der Waals surface area contributed by atoms with Crippen molar-refractivity contribution in [2.75, 3.05) is 0 Å². The highest BCUT2D eigenvalue weighted by Crippen LogP contribution is 2.16. The Bertz CT molecular complexity index is 674. The Morgan fingerprint density at radius 2 is 1.65 bits per heavy atom. The van der Waals surface area contributed by atoms with E-state index in [-0.39, 0.29) is 0 Å². The molecule has 0 atom stereocenters. The second-order valence-electron chi connectivity index (χ2n) is 4.72. The second kappa shape index (κ2) is 5.65. The molecule has 0 spiro atoms. The molecule has 0 amide bonds. The summed E-state index contributed by atoms with van der Waals surface area (Å²) in [6.45, 7) is 0. The minimum atomic E-state index is 0.885. The number of nitrogens with zero attached hydrogens (tertiary/aromatic N) is 4. The largest absolute Gasteiger partial charge is 0.314 e. The van der Waals surface area contributed by atoms with E-state index in [0.717, 1.165) is 30.1 Å². The fraction of sp³-hybridized carbons (Fsp3) is 0.188. The van der Waals surface area contributed by atoms with Crippen LogP contribution in [0.3, 0.4) is 0 Å². The lowest BCUT2D eigenvalue weighted by molar-refractivity contribution is 0.773. The highest BCUT2D eigenvalue weighted by molar-refractivity contribution is 5.53. The summed E-state index contributed by atoms with van der Waals surface area (Å²) in [5.74, 6) is 1.89. The Balaban J connectivity index is 1.78. The third-order valence-electron chi connectivity index (χ3n) is 3.38. The van der Waals surface area contributed by atoms with E-state index in [1.54, 1.807) is 12.4 Å². The van der Waals surface area contributed by atoms with Gasteiger partial charge in [0.2, 0.25) is 0 Å². The van der Waals surface area contributed by atoms with Crippen molar-refractivity contribution in [3.63, 3.8) is 0 Å². The maximum absolute atomic E-state index is 4.30. The molecule has 1 aromatic carbocycles. The monoisotopic (exact) mass is 264 g/mol. The van der Waals surface area contributed by atoms with Crippen LogP contribution in [0.1, 0.15) is 11.4 Å². The molecule has 3 aromatic rings. The van der Waals surface area contributed by atoms with Crippen LogP contribution < -0.4 is 0 Å². The molecule has 0 aliphatic heterocycles. The molecule has 0 bridgehead atoms. The second-order valence-corrected chi connectivity index (χ2v) is 4.72. The fourth-order valence-electron chi connectivity index (χ4n) is 2.23. The summed E-state index contributed by atoms with van der Waals surface area (Å²) in [5.41, 5.74) is 2.36. The van der Waals surface area contributed by atoms with Crippen LogP contribution in [-0.4, -0.2) is 19.7 Å². The van der Waals surface area contributed by atoms with Gasteiger partial charge in [-0.1, -0.05) is 30.3 Å². The first-order valence-corrected chi connectivity index (χ1v) is 6.67. The van der Waals surface area contributed by atoms with Crippen molar-refractivity contribution < 1.29 is 0 Å². The molecular weight excluding hydrogens is 248 g/mol. The van der Waals surface area contributed by atoms with Gasteiger partial charge in [0.15, 0.2) is 5.82 Å². The van der Waals surface area contributed by atoms with E-state index < -0.39 is 0 Å². The standard InChI is InChI=1S/C16H16N4/c1-20-15(8-7-13-5-3-2-4-6-13)18-19-16(20)14-9-11-17-12-10-14/h2-6,9-12H,7-8H2,1H3. The summed E-state index contributed by atoms with van der Waals surface area (Å²) in [7, 11) is 2.01. The molecule has 0 unspecified atom stereocenters. The summed E-state index contributed by atoms with van der Waals surface area (Å²) >= 11 is 0. The Morgan fingerprint density at radius 3 is 2.40 bits per heavy atom. The molecule has 0 N–H and O–H groups in total. The number of rotatable bonds is 4. The molecular formula is C16H16N4. The first-order valence-electron chi connectivity index (χ1n) is 6.67. The van der Waals surface area contributed by atoms with E-state index in [9.17, 15) is 0 Å². The molecule has 3 rings (SSSR count). The van der Waals surface area contributed by atoms with Gasteiger partial charge in [0.25, 0.3) is 0 Å². The lowest BCUT2D eigenvalue weighted by Gasteiger charge is -2.04. The Morgan fingerprint density at radius 1 is 0.900 bits per heavy atom. The van der Waals surface area contributed by atoms with E-state index in [1.807, 2.05) is 25.2 Å². The van der Waals surface area contributed by atoms with Crippen molar-refractivity contribution in [1.82, 2.24) is 19.7 Å². The number of hydrogen-bond acceptors (Lipinski definition) is 3. The number of aromatic nitrogens is 4. The van der Waals surface area contributed by atoms with Gasteiger partial charge < -0.3 is 4.57 Å². The van der Waals surface area contributed by atoms with Crippen LogP contribution >= 0.6 is 0 Å². The molecule has 4 nitrogen and oxygen atoms in total. The minimum absolute atomic E-state index is 0.885. The van der Waals surface area contributed by atoms with Crippen molar-refractivity contribution in [3.8, 4) is 11.4 Å². The lowest BCUT2D eigenvalue weighted by atomic mass is 10.1. The molecule has 100 valence electrons. The molecule has 2 aromatic heterocycles. The Kier molecular flexibility index (Phi) is 3.54. The topological polar surface area (TPSA) is 43.6 Å².